The predicted octanol–water partition coefficient (Wildman–Crippen LogP) is 3.55. The molecule has 1 aromatic rings. The molecule has 0 radical (unpaired) electrons. The number of hydrogen-bond acceptors (Lipinski definition) is 2. The number of nitrogens with one attached hydrogen (secondary N) is 1. The van der Waals surface area contributed by atoms with Gasteiger partial charge in [-0.25, -0.2) is 0 Å². The minimum absolute atomic E-state index is 0.582. The maximum absolute atomic E-state index is 3.62. The lowest BCUT2D eigenvalue weighted by atomic mass is 9.92. The molecule has 2 nitrogen and oxygen atoms in total. The fourth-order valence-electron chi connectivity index (χ4n) is 3.54. The van der Waals surface area contributed by atoms with Crippen LogP contribution in [0.1, 0.15) is 56.2 Å². The normalized spacial score (nSPS) is 27.4. The summed E-state index contributed by atoms with van der Waals surface area (Å²) in [7, 11) is 2.27. The van der Waals surface area contributed by atoms with Gasteiger partial charge in [0.25, 0.3) is 0 Å². The Balaban J connectivity index is 1.71. The molecule has 0 bridgehead atoms. The summed E-state index contributed by atoms with van der Waals surface area (Å²) < 4.78 is 0. The lowest BCUT2D eigenvalue weighted by Gasteiger charge is -2.26. The Morgan fingerprint density at radius 2 is 1.75 bits per heavy atom. The van der Waals surface area contributed by atoms with Gasteiger partial charge in [-0.3, -0.25) is 4.90 Å². The van der Waals surface area contributed by atoms with E-state index in [4.69, 9.17) is 0 Å². The maximum atomic E-state index is 3.62. The third-order valence-electron chi connectivity index (χ3n) is 4.89. The first-order valence-electron chi connectivity index (χ1n) is 8.18. The molecule has 0 amide bonds. The van der Waals surface area contributed by atoms with Crippen molar-refractivity contribution in [3.8, 4) is 0 Å². The van der Waals surface area contributed by atoms with Crippen molar-refractivity contribution in [1.82, 2.24) is 10.2 Å². The van der Waals surface area contributed by atoms with Gasteiger partial charge < -0.3 is 5.32 Å². The van der Waals surface area contributed by atoms with E-state index < -0.39 is 0 Å². The van der Waals surface area contributed by atoms with Crippen LogP contribution in [0.4, 0.5) is 0 Å². The third-order valence-corrected chi connectivity index (χ3v) is 4.89. The molecule has 1 N–H and O–H groups in total. The average Bonchev–Trinajstić information content (AvgIpc) is 3.21. The molecular formula is C18H28N2. The highest BCUT2D eigenvalue weighted by Gasteiger charge is 2.33. The molecule has 2 fully saturated rings. The van der Waals surface area contributed by atoms with Gasteiger partial charge in [-0.05, 0) is 55.8 Å². The number of likely N-dealkylation sites (tertiary alicyclic amines) is 1. The standard InChI is InChI=1S/C18H28N2/c1-13(2)19-12-17-10-11-20(3)18(17)16-8-6-15(7-9-16)14-4-5-14/h6-9,13-14,17-19H,4-5,10-12H2,1-3H3. The Kier molecular flexibility index (Phi) is 4.13. The SMILES string of the molecule is CC(C)NCC1CCN(C)C1c1ccc(C2CC2)cc1. The zero-order chi connectivity index (χ0) is 14.1. The van der Waals surface area contributed by atoms with Gasteiger partial charge in [-0.1, -0.05) is 38.1 Å². The molecular weight excluding hydrogens is 244 g/mol. The molecule has 2 unspecified atom stereocenters. The van der Waals surface area contributed by atoms with Crippen LogP contribution in [0.3, 0.4) is 0 Å². The predicted molar refractivity (Wildman–Crippen MR) is 85.0 cm³/mol. The molecule has 3 rings (SSSR count). The highest BCUT2D eigenvalue weighted by molar-refractivity contribution is 5.30. The van der Waals surface area contributed by atoms with Crippen molar-refractivity contribution in [2.75, 3.05) is 20.1 Å². The van der Waals surface area contributed by atoms with Crippen molar-refractivity contribution in [2.45, 2.75) is 51.1 Å². The highest BCUT2D eigenvalue weighted by atomic mass is 15.2. The van der Waals surface area contributed by atoms with E-state index in [1.54, 1.807) is 5.56 Å². The van der Waals surface area contributed by atoms with E-state index in [0.717, 1.165) is 18.4 Å². The molecule has 110 valence electrons. The maximum Gasteiger partial charge on any atom is 0.0385 e. The highest BCUT2D eigenvalue weighted by Crippen LogP contribution is 2.41. The van der Waals surface area contributed by atoms with Crippen molar-refractivity contribution in [3.05, 3.63) is 35.4 Å². The van der Waals surface area contributed by atoms with Crippen molar-refractivity contribution in [1.29, 1.82) is 0 Å². The Labute approximate surface area is 123 Å². The fourth-order valence-corrected chi connectivity index (χ4v) is 3.54. The summed E-state index contributed by atoms with van der Waals surface area (Å²) in [5.41, 5.74) is 3.05. The molecule has 1 aliphatic carbocycles. The Morgan fingerprint density at radius 3 is 2.35 bits per heavy atom. The van der Waals surface area contributed by atoms with Crippen LogP contribution in [-0.2, 0) is 0 Å². The Morgan fingerprint density at radius 1 is 1.10 bits per heavy atom. The Hall–Kier alpha value is -0.860. The van der Waals surface area contributed by atoms with Crippen LogP contribution >= 0.6 is 0 Å². The van der Waals surface area contributed by atoms with E-state index in [1.807, 2.05) is 0 Å². The van der Waals surface area contributed by atoms with E-state index in [0.29, 0.717) is 12.1 Å². The summed E-state index contributed by atoms with van der Waals surface area (Å²) >= 11 is 0. The van der Waals surface area contributed by atoms with Gasteiger partial charge in [-0.2, -0.15) is 0 Å². The molecule has 2 aliphatic rings. The van der Waals surface area contributed by atoms with Crippen LogP contribution in [0.25, 0.3) is 0 Å². The number of nitrogens with zero attached hydrogens (tertiary/aromatic N) is 1. The number of benzene rings is 1. The van der Waals surface area contributed by atoms with Gasteiger partial charge in [0.2, 0.25) is 0 Å². The monoisotopic (exact) mass is 272 g/mol. The summed E-state index contributed by atoms with van der Waals surface area (Å²) in [5.74, 6) is 1.61. The van der Waals surface area contributed by atoms with E-state index >= 15 is 0 Å². The third kappa shape index (κ3) is 3.07. The summed E-state index contributed by atoms with van der Waals surface area (Å²) in [6, 6.07) is 10.7. The molecule has 1 heterocycles. The second-order valence-corrected chi connectivity index (χ2v) is 6.98. The molecule has 0 spiro atoms. The van der Waals surface area contributed by atoms with E-state index in [1.165, 1.54) is 31.4 Å². The second-order valence-electron chi connectivity index (χ2n) is 6.98. The van der Waals surface area contributed by atoms with Crippen LogP contribution in [0, 0.1) is 5.92 Å². The van der Waals surface area contributed by atoms with Gasteiger partial charge in [-0.15, -0.1) is 0 Å². The van der Waals surface area contributed by atoms with Crippen LogP contribution in [0.5, 0.6) is 0 Å². The van der Waals surface area contributed by atoms with Crippen LogP contribution in [0.15, 0.2) is 24.3 Å². The van der Waals surface area contributed by atoms with Crippen LogP contribution in [-0.4, -0.2) is 31.1 Å². The fraction of sp³-hybridized carbons (Fsp3) is 0.667. The molecule has 2 heteroatoms. The molecule has 1 saturated carbocycles. The summed E-state index contributed by atoms with van der Waals surface area (Å²) in [6.07, 6.45) is 4.10. The minimum atomic E-state index is 0.582. The van der Waals surface area contributed by atoms with Crippen molar-refractivity contribution < 1.29 is 0 Å². The van der Waals surface area contributed by atoms with Crippen LogP contribution < -0.4 is 5.32 Å². The molecule has 2 atom stereocenters. The van der Waals surface area contributed by atoms with Gasteiger partial charge in [0.05, 0.1) is 0 Å². The molecule has 1 aliphatic heterocycles. The first kappa shape index (κ1) is 14.1. The average molecular weight is 272 g/mol. The topological polar surface area (TPSA) is 15.3 Å². The quantitative estimate of drug-likeness (QED) is 0.882. The smallest absolute Gasteiger partial charge is 0.0385 e. The van der Waals surface area contributed by atoms with Crippen molar-refractivity contribution in [3.63, 3.8) is 0 Å². The summed E-state index contributed by atoms with van der Waals surface area (Å²) in [5, 5.41) is 3.62. The van der Waals surface area contributed by atoms with Gasteiger partial charge in [0.15, 0.2) is 0 Å². The molecule has 1 aromatic carbocycles. The lowest BCUT2D eigenvalue weighted by Crippen LogP contribution is -2.32. The van der Waals surface area contributed by atoms with Crippen LogP contribution in [0.2, 0.25) is 0 Å². The summed E-state index contributed by atoms with van der Waals surface area (Å²) in [4.78, 5) is 2.53. The number of rotatable bonds is 5. The molecule has 20 heavy (non-hydrogen) atoms. The van der Waals surface area contributed by atoms with E-state index in [9.17, 15) is 0 Å². The largest absolute Gasteiger partial charge is 0.314 e. The lowest BCUT2D eigenvalue weighted by molar-refractivity contribution is 0.269. The second kappa shape index (κ2) is 5.87. The first-order chi connectivity index (χ1) is 9.65. The van der Waals surface area contributed by atoms with E-state index in [-0.39, 0.29) is 0 Å². The first-order valence-corrected chi connectivity index (χ1v) is 8.18. The van der Waals surface area contributed by atoms with E-state index in [2.05, 4.69) is 55.4 Å². The molecule has 0 aromatic heterocycles. The summed E-state index contributed by atoms with van der Waals surface area (Å²) in [6.45, 7) is 6.83. The van der Waals surface area contributed by atoms with Crippen molar-refractivity contribution in [2.24, 2.45) is 5.92 Å². The van der Waals surface area contributed by atoms with Gasteiger partial charge in [0.1, 0.15) is 0 Å². The van der Waals surface area contributed by atoms with Gasteiger partial charge >= 0.3 is 0 Å². The zero-order valence-corrected chi connectivity index (χ0v) is 13.1. The Bertz CT molecular complexity index is 433. The zero-order valence-electron chi connectivity index (χ0n) is 13.1. The van der Waals surface area contributed by atoms with Gasteiger partial charge in [0, 0.05) is 18.6 Å². The molecule has 1 saturated heterocycles. The van der Waals surface area contributed by atoms with Crippen molar-refractivity contribution >= 4 is 0 Å². The minimum Gasteiger partial charge on any atom is -0.314 e. The number of hydrogen-bond donors (Lipinski definition) is 1.